The van der Waals surface area contributed by atoms with Crippen molar-refractivity contribution in [1.29, 1.82) is 0 Å². The molecule has 0 aliphatic rings. The summed E-state index contributed by atoms with van der Waals surface area (Å²) in [4.78, 5) is 28.6. The highest BCUT2D eigenvalue weighted by molar-refractivity contribution is 7.22. The fraction of sp³-hybridized carbons (Fsp3) is 0.182. The van der Waals surface area contributed by atoms with Crippen molar-refractivity contribution >= 4 is 44.2 Å². The van der Waals surface area contributed by atoms with E-state index in [2.05, 4.69) is 25.5 Å². The van der Waals surface area contributed by atoms with Gasteiger partial charge >= 0.3 is 5.97 Å². The highest BCUT2D eigenvalue weighted by atomic mass is 32.1. The molecule has 2 aromatic carbocycles. The van der Waals surface area contributed by atoms with Gasteiger partial charge in [-0.3, -0.25) is 4.79 Å². The maximum Gasteiger partial charge on any atom is 0.330 e. The first-order chi connectivity index (χ1) is 16.0. The highest BCUT2D eigenvalue weighted by Crippen LogP contribution is 2.29. The molecule has 33 heavy (non-hydrogen) atoms. The summed E-state index contributed by atoms with van der Waals surface area (Å²) in [6.07, 6.45) is 0. The summed E-state index contributed by atoms with van der Waals surface area (Å²) in [5.74, 6) is -1.61. The molecule has 11 heteroatoms. The number of carbonyl (C=O) groups excluding carboxylic acids is 2. The number of carbonyl (C=O) groups is 2. The third-order valence-corrected chi connectivity index (χ3v) is 5.57. The summed E-state index contributed by atoms with van der Waals surface area (Å²) in [6.45, 7) is -0.0442. The number of amides is 1. The molecule has 0 saturated carbocycles. The zero-order valence-electron chi connectivity index (χ0n) is 17.6. The Bertz CT molecular complexity index is 1290. The van der Waals surface area contributed by atoms with Crippen molar-refractivity contribution in [3.05, 3.63) is 60.1 Å². The second-order valence-electron chi connectivity index (χ2n) is 6.91. The molecule has 0 fully saturated rings. The van der Waals surface area contributed by atoms with E-state index in [0.29, 0.717) is 16.3 Å². The van der Waals surface area contributed by atoms with Crippen molar-refractivity contribution in [2.45, 2.75) is 6.04 Å². The van der Waals surface area contributed by atoms with Crippen molar-refractivity contribution < 1.29 is 28.0 Å². The fourth-order valence-corrected chi connectivity index (χ4v) is 3.94. The maximum absolute atomic E-state index is 13.4. The predicted molar refractivity (Wildman–Crippen MR) is 120 cm³/mol. The van der Waals surface area contributed by atoms with Crippen LogP contribution in [0.5, 0.6) is 0 Å². The molecule has 9 nitrogen and oxygen atoms in total. The Morgan fingerprint density at radius 3 is 2.67 bits per heavy atom. The number of rotatable bonds is 8. The standard InChI is InChI=1S/C22H19FN4O5S/c1-30-11-17(21(29)31-2)25-20(28)18-10-16(27-32-18)12-3-6-14(7-4-12)24-22-26-15-8-5-13(23)9-19(15)33-22/h3-10,17H,11H2,1-2H3,(H,24,26)(H,25,28). The van der Waals surface area contributed by atoms with Crippen molar-refractivity contribution in [3.8, 4) is 11.3 Å². The van der Waals surface area contributed by atoms with Crippen LogP contribution in [0.2, 0.25) is 0 Å². The Morgan fingerprint density at radius 1 is 1.15 bits per heavy atom. The normalized spacial score (nSPS) is 11.8. The van der Waals surface area contributed by atoms with Crippen LogP contribution in [-0.4, -0.2) is 48.9 Å². The first kappa shape index (κ1) is 22.4. The smallest absolute Gasteiger partial charge is 0.330 e. The van der Waals surface area contributed by atoms with Gasteiger partial charge in [-0.15, -0.1) is 0 Å². The average Bonchev–Trinajstić information content (AvgIpc) is 3.45. The Labute approximate surface area is 191 Å². The zero-order valence-corrected chi connectivity index (χ0v) is 18.4. The van der Waals surface area contributed by atoms with E-state index in [9.17, 15) is 14.0 Å². The molecule has 0 bridgehead atoms. The number of esters is 1. The SMILES string of the molecule is COCC(NC(=O)c1cc(-c2ccc(Nc3nc4ccc(F)cc4s3)cc2)no1)C(=O)OC. The van der Waals surface area contributed by atoms with Gasteiger partial charge in [0, 0.05) is 24.4 Å². The first-order valence-electron chi connectivity index (χ1n) is 9.74. The maximum atomic E-state index is 13.4. The summed E-state index contributed by atoms with van der Waals surface area (Å²) in [5, 5.41) is 10.2. The summed E-state index contributed by atoms with van der Waals surface area (Å²) in [5.41, 5.74) is 2.66. The van der Waals surface area contributed by atoms with Crippen LogP contribution in [0.15, 0.2) is 53.1 Å². The molecular formula is C22H19FN4O5S. The number of ether oxygens (including phenoxy) is 2. The minimum Gasteiger partial charge on any atom is -0.467 e. The molecule has 1 atom stereocenters. The van der Waals surface area contributed by atoms with E-state index in [1.54, 1.807) is 18.2 Å². The van der Waals surface area contributed by atoms with Crippen LogP contribution in [0.4, 0.5) is 15.2 Å². The lowest BCUT2D eigenvalue weighted by Gasteiger charge is -2.14. The van der Waals surface area contributed by atoms with Gasteiger partial charge in [0.2, 0.25) is 5.76 Å². The Balaban J connectivity index is 1.43. The van der Waals surface area contributed by atoms with Gasteiger partial charge in [-0.05, 0) is 30.3 Å². The van der Waals surface area contributed by atoms with Crippen molar-refractivity contribution in [1.82, 2.24) is 15.5 Å². The largest absolute Gasteiger partial charge is 0.467 e. The van der Waals surface area contributed by atoms with Gasteiger partial charge in [0.05, 0.1) is 23.9 Å². The molecule has 0 aliphatic carbocycles. The number of fused-ring (bicyclic) bond motifs is 1. The molecular weight excluding hydrogens is 451 g/mol. The van der Waals surface area contributed by atoms with Crippen molar-refractivity contribution in [2.75, 3.05) is 26.1 Å². The van der Waals surface area contributed by atoms with Gasteiger partial charge in [0.15, 0.2) is 11.2 Å². The lowest BCUT2D eigenvalue weighted by molar-refractivity contribution is -0.144. The van der Waals surface area contributed by atoms with Crippen LogP contribution >= 0.6 is 11.3 Å². The second kappa shape index (κ2) is 9.76. The van der Waals surface area contributed by atoms with E-state index in [1.165, 1.54) is 43.8 Å². The van der Waals surface area contributed by atoms with Crippen LogP contribution in [-0.2, 0) is 14.3 Å². The van der Waals surface area contributed by atoms with Crippen molar-refractivity contribution in [3.63, 3.8) is 0 Å². The molecule has 170 valence electrons. The van der Waals surface area contributed by atoms with Gasteiger partial charge in [-0.1, -0.05) is 28.6 Å². The molecule has 0 aliphatic heterocycles. The number of benzene rings is 2. The van der Waals surface area contributed by atoms with Crippen LogP contribution in [0.3, 0.4) is 0 Å². The van der Waals surface area contributed by atoms with Gasteiger partial charge < -0.3 is 24.6 Å². The summed E-state index contributed by atoms with van der Waals surface area (Å²) in [6, 6.07) is 12.2. The lowest BCUT2D eigenvalue weighted by atomic mass is 10.1. The monoisotopic (exact) mass is 470 g/mol. The van der Waals surface area contributed by atoms with Crippen LogP contribution in [0, 0.1) is 5.82 Å². The molecule has 0 radical (unpaired) electrons. The molecule has 2 heterocycles. The number of anilines is 2. The van der Waals surface area contributed by atoms with E-state index in [4.69, 9.17) is 9.26 Å². The lowest BCUT2D eigenvalue weighted by Crippen LogP contribution is -2.44. The quantitative estimate of drug-likeness (QED) is 0.374. The third kappa shape index (κ3) is 5.16. The van der Waals surface area contributed by atoms with E-state index in [0.717, 1.165) is 16.0 Å². The Hall–Kier alpha value is -3.83. The molecule has 4 aromatic rings. The molecule has 2 N–H and O–H groups in total. The number of halogens is 1. The number of nitrogens with zero attached hydrogens (tertiary/aromatic N) is 2. The number of hydrogen-bond acceptors (Lipinski definition) is 9. The molecule has 2 aromatic heterocycles. The van der Waals surface area contributed by atoms with Gasteiger partial charge in [0.25, 0.3) is 5.91 Å². The van der Waals surface area contributed by atoms with Crippen LogP contribution in [0.25, 0.3) is 21.5 Å². The van der Waals surface area contributed by atoms with Crippen LogP contribution in [0.1, 0.15) is 10.6 Å². The molecule has 1 unspecified atom stereocenters. The zero-order chi connectivity index (χ0) is 23.4. The number of hydrogen-bond donors (Lipinski definition) is 2. The molecule has 0 spiro atoms. The fourth-order valence-electron chi connectivity index (χ4n) is 3.02. The van der Waals surface area contributed by atoms with Gasteiger partial charge in [0.1, 0.15) is 11.5 Å². The molecule has 1 amide bonds. The van der Waals surface area contributed by atoms with Crippen molar-refractivity contribution in [2.24, 2.45) is 0 Å². The first-order valence-corrected chi connectivity index (χ1v) is 10.6. The minimum atomic E-state index is -0.967. The van der Waals surface area contributed by atoms with Crippen LogP contribution < -0.4 is 10.6 Å². The number of methoxy groups -OCH3 is 2. The topological polar surface area (TPSA) is 116 Å². The van der Waals surface area contributed by atoms with E-state index < -0.39 is 17.9 Å². The Kier molecular flexibility index (Phi) is 6.61. The summed E-state index contributed by atoms with van der Waals surface area (Å²) < 4.78 is 28.8. The number of aromatic nitrogens is 2. The predicted octanol–water partition coefficient (Wildman–Crippen LogP) is 3.75. The summed E-state index contributed by atoms with van der Waals surface area (Å²) >= 11 is 1.35. The van der Waals surface area contributed by atoms with E-state index in [1.807, 2.05) is 12.1 Å². The number of nitrogens with one attached hydrogen (secondary N) is 2. The van der Waals surface area contributed by atoms with E-state index in [-0.39, 0.29) is 18.2 Å². The summed E-state index contributed by atoms with van der Waals surface area (Å²) in [7, 11) is 2.63. The molecule has 0 saturated heterocycles. The molecule has 4 rings (SSSR count). The second-order valence-corrected chi connectivity index (χ2v) is 7.95. The third-order valence-electron chi connectivity index (χ3n) is 4.64. The highest BCUT2D eigenvalue weighted by Gasteiger charge is 2.24. The van der Waals surface area contributed by atoms with E-state index >= 15 is 0 Å². The number of thiazole rings is 1. The Morgan fingerprint density at radius 2 is 1.94 bits per heavy atom. The van der Waals surface area contributed by atoms with Gasteiger partial charge in [-0.2, -0.15) is 0 Å². The average molecular weight is 470 g/mol. The minimum absolute atomic E-state index is 0.0442. The van der Waals surface area contributed by atoms with Gasteiger partial charge in [-0.25, -0.2) is 14.2 Å².